The Morgan fingerprint density at radius 3 is 2.75 bits per heavy atom. The molecule has 8 nitrogen and oxygen atoms in total. The molecule has 1 rings (SSSR count). The Bertz CT molecular complexity index is 567. The zero-order valence-electron chi connectivity index (χ0n) is 11.1. The zero-order chi connectivity index (χ0) is 15.1. The van der Waals surface area contributed by atoms with Crippen LogP contribution in [0.5, 0.6) is 0 Å². The topological polar surface area (TPSA) is 99.6 Å². The number of rotatable bonds is 7. The van der Waals surface area contributed by atoms with Crippen LogP contribution in [0, 0.1) is 5.82 Å². The standard InChI is InChI=1S/C11H15FN2O6/c1-18-8(3-4-20-6-9(15)19-2)14-5-7(12)10(16)13-11(14)17/h5,8H,3-4,6H2,1-2H3,(H,13,16,17). The van der Waals surface area contributed by atoms with Gasteiger partial charge in [-0.25, -0.2) is 9.59 Å². The molecule has 0 spiro atoms. The summed E-state index contributed by atoms with van der Waals surface area (Å²) in [7, 11) is 2.55. The summed E-state index contributed by atoms with van der Waals surface area (Å²) in [4.78, 5) is 35.1. The average Bonchev–Trinajstić information content (AvgIpc) is 2.43. The summed E-state index contributed by atoms with van der Waals surface area (Å²) >= 11 is 0. The van der Waals surface area contributed by atoms with E-state index in [-0.39, 0.29) is 19.6 Å². The first kappa shape index (κ1) is 16.1. The summed E-state index contributed by atoms with van der Waals surface area (Å²) in [6.07, 6.45) is 0.112. The van der Waals surface area contributed by atoms with Crippen molar-refractivity contribution in [1.82, 2.24) is 9.55 Å². The first-order chi connectivity index (χ1) is 9.49. The van der Waals surface area contributed by atoms with Crippen LogP contribution >= 0.6 is 0 Å². The van der Waals surface area contributed by atoms with Crippen LogP contribution in [-0.2, 0) is 19.0 Å². The van der Waals surface area contributed by atoms with Gasteiger partial charge in [0.1, 0.15) is 12.8 Å². The molecule has 9 heteroatoms. The Labute approximate surface area is 113 Å². The highest BCUT2D eigenvalue weighted by atomic mass is 19.1. The monoisotopic (exact) mass is 290 g/mol. The fourth-order valence-corrected chi connectivity index (χ4v) is 1.44. The summed E-state index contributed by atoms with van der Waals surface area (Å²) in [6.45, 7) is -0.150. The summed E-state index contributed by atoms with van der Waals surface area (Å²) in [6, 6.07) is 0. The number of esters is 1. The number of H-pyrrole nitrogens is 1. The third kappa shape index (κ3) is 4.28. The molecule has 1 aromatic heterocycles. The number of hydrogen-bond acceptors (Lipinski definition) is 6. The molecule has 0 aliphatic carbocycles. The van der Waals surface area contributed by atoms with Gasteiger partial charge in [0.05, 0.1) is 19.9 Å². The molecule has 0 fully saturated rings. The summed E-state index contributed by atoms with van der Waals surface area (Å²) < 4.78 is 28.4. The van der Waals surface area contributed by atoms with Gasteiger partial charge in [-0.3, -0.25) is 14.3 Å². The predicted molar refractivity (Wildman–Crippen MR) is 64.8 cm³/mol. The second kappa shape index (κ2) is 7.56. The van der Waals surface area contributed by atoms with Crippen molar-refractivity contribution in [2.45, 2.75) is 12.6 Å². The van der Waals surface area contributed by atoms with Crippen LogP contribution in [-0.4, -0.2) is 43.0 Å². The largest absolute Gasteiger partial charge is 0.467 e. The molecule has 112 valence electrons. The van der Waals surface area contributed by atoms with E-state index in [1.165, 1.54) is 14.2 Å². The van der Waals surface area contributed by atoms with E-state index in [0.717, 1.165) is 10.8 Å². The molecule has 1 unspecified atom stereocenters. The van der Waals surface area contributed by atoms with Gasteiger partial charge in [0.2, 0.25) is 5.82 Å². The number of hydrogen-bond donors (Lipinski definition) is 1. The fraction of sp³-hybridized carbons (Fsp3) is 0.545. The molecule has 1 N–H and O–H groups in total. The molecule has 0 saturated heterocycles. The zero-order valence-corrected chi connectivity index (χ0v) is 11.1. The molecule has 1 aromatic rings. The Balaban J connectivity index is 2.67. The Kier molecular flexibility index (Phi) is 6.07. The van der Waals surface area contributed by atoms with E-state index in [1.54, 1.807) is 0 Å². The lowest BCUT2D eigenvalue weighted by atomic mass is 10.4. The number of aromatic nitrogens is 2. The minimum absolute atomic E-state index is 0.0841. The third-order valence-corrected chi connectivity index (χ3v) is 2.46. The average molecular weight is 290 g/mol. The van der Waals surface area contributed by atoms with Crippen LogP contribution in [0.25, 0.3) is 0 Å². The van der Waals surface area contributed by atoms with Crippen molar-refractivity contribution in [2.75, 3.05) is 27.4 Å². The van der Waals surface area contributed by atoms with Crippen LogP contribution in [0.3, 0.4) is 0 Å². The van der Waals surface area contributed by atoms with Gasteiger partial charge in [0.15, 0.2) is 0 Å². The first-order valence-corrected chi connectivity index (χ1v) is 5.68. The molecular weight excluding hydrogens is 275 g/mol. The van der Waals surface area contributed by atoms with E-state index in [4.69, 9.17) is 9.47 Å². The second-order valence-electron chi connectivity index (χ2n) is 3.75. The van der Waals surface area contributed by atoms with Crippen molar-refractivity contribution in [3.63, 3.8) is 0 Å². The fourth-order valence-electron chi connectivity index (χ4n) is 1.44. The molecule has 1 heterocycles. The molecular formula is C11H15FN2O6. The first-order valence-electron chi connectivity index (χ1n) is 5.68. The lowest BCUT2D eigenvalue weighted by Crippen LogP contribution is -2.34. The summed E-state index contributed by atoms with van der Waals surface area (Å²) in [5.74, 6) is -1.63. The lowest BCUT2D eigenvalue weighted by Gasteiger charge is -2.17. The van der Waals surface area contributed by atoms with Crippen molar-refractivity contribution in [3.05, 3.63) is 32.9 Å². The summed E-state index contributed by atoms with van der Waals surface area (Å²) in [5, 5.41) is 0. The van der Waals surface area contributed by atoms with E-state index in [2.05, 4.69) is 4.74 Å². The quantitative estimate of drug-likeness (QED) is 0.532. The maximum atomic E-state index is 13.1. The minimum atomic E-state index is -1.10. The SMILES string of the molecule is COC(=O)COCCC(OC)n1cc(F)c(=O)[nH]c1=O. The van der Waals surface area contributed by atoms with Gasteiger partial charge >= 0.3 is 11.7 Å². The van der Waals surface area contributed by atoms with Crippen molar-refractivity contribution in [2.24, 2.45) is 0 Å². The van der Waals surface area contributed by atoms with Crippen molar-refractivity contribution in [1.29, 1.82) is 0 Å². The molecule has 1 atom stereocenters. The molecule has 0 saturated carbocycles. The molecule has 0 aromatic carbocycles. The highest BCUT2D eigenvalue weighted by Crippen LogP contribution is 2.09. The van der Waals surface area contributed by atoms with E-state index in [1.807, 2.05) is 4.98 Å². The van der Waals surface area contributed by atoms with Gasteiger partial charge in [-0.05, 0) is 0 Å². The Morgan fingerprint density at radius 1 is 1.45 bits per heavy atom. The highest BCUT2D eigenvalue weighted by molar-refractivity contribution is 5.70. The predicted octanol–water partition coefficient (Wildman–Crippen LogP) is -0.600. The highest BCUT2D eigenvalue weighted by Gasteiger charge is 2.14. The molecule has 0 aliphatic heterocycles. The van der Waals surface area contributed by atoms with Crippen molar-refractivity contribution >= 4 is 5.97 Å². The van der Waals surface area contributed by atoms with Crippen molar-refractivity contribution in [3.8, 4) is 0 Å². The number of aromatic amines is 1. The Morgan fingerprint density at radius 2 is 2.15 bits per heavy atom. The molecule has 0 amide bonds. The van der Waals surface area contributed by atoms with Gasteiger partial charge in [0.25, 0.3) is 5.56 Å². The number of carbonyl (C=O) groups is 1. The van der Waals surface area contributed by atoms with Gasteiger partial charge in [0, 0.05) is 13.5 Å². The van der Waals surface area contributed by atoms with Gasteiger partial charge < -0.3 is 14.2 Å². The van der Waals surface area contributed by atoms with Crippen LogP contribution in [0.4, 0.5) is 4.39 Å². The maximum absolute atomic E-state index is 13.1. The Hall–Kier alpha value is -2.00. The summed E-state index contributed by atoms with van der Waals surface area (Å²) in [5.41, 5.74) is -1.89. The van der Waals surface area contributed by atoms with Gasteiger partial charge in [-0.2, -0.15) is 4.39 Å². The minimum Gasteiger partial charge on any atom is -0.467 e. The smallest absolute Gasteiger partial charge is 0.331 e. The second-order valence-corrected chi connectivity index (χ2v) is 3.75. The van der Waals surface area contributed by atoms with Crippen LogP contribution < -0.4 is 11.2 Å². The number of ether oxygens (including phenoxy) is 3. The number of methoxy groups -OCH3 is 2. The third-order valence-electron chi connectivity index (χ3n) is 2.46. The lowest BCUT2D eigenvalue weighted by molar-refractivity contribution is -0.146. The molecule has 0 radical (unpaired) electrons. The van der Waals surface area contributed by atoms with Gasteiger partial charge in [-0.15, -0.1) is 0 Å². The van der Waals surface area contributed by atoms with Crippen molar-refractivity contribution < 1.29 is 23.4 Å². The maximum Gasteiger partial charge on any atom is 0.331 e. The molecule has 0 aliphatic rings. The normalized spacial score (nSPS) is 12.2. The van der Waals surface area contributed by atoms with Crippen LogP contribution in [0.2, 0.25) is 0 Å². The van der Waals surface area contributed by atoms with E-state index < -0.39 is 29.3 Å². The number of halogens is 1. The van der Waals surface area contributed by atoms with Gasteiger partial charge in [-0.1, -0.05) is 0 Å². The van der Waals surface area contributed by atoms with Crippen LogP contribution in [0.1, 0.15) is 12.6 Å². The number of carbonyl (C=O) groups excluding carboxylic acids is 1. The molecule has 20 heavy (non-hydrogen) atoms. The van der Waals surface area contributed by atoms with E-state index in [9.17, 15) is 18.8 Å². The van der Waals surface area contributed by atoms with E-state index >= 15 is 0 Å². The number of nitrogens with one attached hydrogen (secondary N) is 1. The number of nitrogens with zero attached hydrogens (tertiary/aromatic N) is 1. The molecule has 0 bridgehead atoms. The van der Waals surface area contributed by atoms with E-state index in [0.29, 0.717) is 0 Å². The van der Waals surface area contributed by atoms with Crippen LogP contribution in [0.15, 0.2) is 15.8 Å².